The van der Waals surface area contributed by atoms with E-state index < -0.39 is 0 Å². The molecule has 1 aliphatic carbocycles. The summed E-state index contributed by atoms with van der Waals surface area (Å²) in [5, 5.41) is 0. The minimum Gasteiger partial charge on any atom is -0.441 e. The molecule has 0 atom stereocenters. The molecule has 0 bridgehead atoms. The number of carbonyl (C=O) groups is 1. The number of carbonyl (C=O) groups excluding carboxylic acids is 1. The van der Waals surface area contributed by atoms with Crippen LogP contribution in [0.1, 0.15) is 44.4 Å². The molecular formula is C19H24N2O2. The zero-order valence-corrected chi connectivity index (χ0v) is 13.7. The SMILES string of the molecule is CN(C(=O)CCc1ncc(-c2ccccc2)o1)C1CCCCC1. The predicted octanol–water partition coefficient (Wildman–Crippen LogP) is 4.07. The van der Waals surface area contributed by atoms with Crippen molar-refractivity contribution in [3.63, 3.8) is 0 Å². The van der Waals surface area contributed by atoms with Gasteiger partial charge in [-0.2, -0.15) is 0 Å². The molecule has 0 N–H and O–H groups in total. The standard InChI is InChI=1S/C19H24N2O2/c1-21(16-10-6-3-7-11-16)19(22)13-12-18-20-14-17(23-18)15-8-4-2-5-9-15/h2,4-5,8-9,14,16H,3,6-7,10-13H2,1H3. The van der Waals surface area contributed by atoms with Gasteiger partial charge in [0.1, 0.15) is 0 Å². The summed E-state index contributed by atoms with van der Waals surface area (Å²) in [6, 6.07) is 10.3. The van der Waals surface area contributed by atoms with Gasteiger partial charge in [-0.25, -0.2) is 4.98 Å². The molecule has 4 nitrogen and oxygen atoms in total. The van der Waals surface area contributed by atoms with Crippen molar-refractivity contribution in [1.82, 2.24) is 9.88 Å². The van der Waals surface area contributed by atoms with E-state index in [-0.39, 0.29) is 5.91 Å². The maximum absolute atomic E-state index is 12.3. The molecule has 0 spiro atoms. The fourth-order valence-corrected chi connectivity index (χ4v) is 3.22. The Morgan fingerprint density at radius 1 is 1.22 bits per heavy atom. The van der Waals surface area contributed by atoms with E-state index in [0.29, 0.717) is 24.8 Å². The zero-order valence-electron chi connectivity index (χ0n) is 13.7. The van der Waals surface area contributed by atoms with Gasteiger partial charge in [0.2, 0.25) is 5.91 Å². The second-order valence-electron chi connectivity index (χ2n) is 6.28. The topological polar surface area (TPSA) is 46.3 Å². The van der Waals surface area contributed by atoms with E-state index in [0.717, 1.165) is 24.2 Å². The first-order chi connectivity index (χ1) is 11.2. The minimum absolute atomic E-state index is 0.191. The van der Waals surface area contributed by atoms with Crippen molar-refractivity contribution in [2.75, 3.05) is 7.05 Å². The van der Waals surface area contributed by atoms with Crippen LogP contribution in [0.3, 0.4) is 0 Å². The van der Waals surface area contributed by atoms with E-state index in [4.69, 9.17) is 4.42 Å². The number of nitrogens with zero attached hydrogens (tertiary/aromatic N) is 2. The summed E-state index contributed by atoms with van der Waals surface area (Å²) in [4.78, 5) is 18.6. The Bertz CT molecular complexity index is 630. The van der Waals surface area contributed by atoms with Crippen LogP contribution in [0.4, 0.5) is 0 Å². The predicted molar refractivity (Wildman–Crippen MR) is 89.9 cm³/mol. The van der Waals surface area contributed by atoms with Gasteiger partial charge in [-0.15, -0.1) is 0 Å². The van der Waals surface area contributed by atoms with E-state index in [1.165, 1.54) is 19.3 Å². The molecule has 3 rings (SSSR count). The van der Waals surface area contributed by atoms with Crippen molar-refractivity contribution in [3.8, 4) is 11.3 Å². The average molecular weight is 312 g/mol. The quantitative estimate of drug-likeness (QED) is 0.836. The highest BCUT2D eigenvalue weighted by Gasteiger charge is 2.22. The molecule has 1 fully saturated rings. The molecule has 1 heterocycles. The van der Waals surface area contributed by atoms with Crippen molar-refractivity contribution >= 4 is 5.91 Å². The number of hydrogen-bond donors (Lipinski definition) is 0. The molecule has 4 heteroatoms. The lowest BCUT2D eigenvalue weighted by Crippen LogP contribution is -2.38. The number of aryl methyl sites for hydroxylation is 1. The van der Waals surface area contributed by atoms with E-state index in [2.05, 4.69) is 4.98 Å². The normalized spacial score (nSPS) is 15.5. The summed E-state index contributed by atoms with van der Waals surface area (Å²) in [7, 11) is 1.93. The minimum atomic E-state index is 0.191. The Morgan fingerprint density at radius 2 is 1.96 bits per heavy atom. The lowest BCUT2D eigenvalue weighted by atomic mass is 9.94. The summed E-state index contributed by atoms with van der Waals surface area (Å²) < 4.78 is 5.76. The van der Waals surface area contributed by atoms with Crippen molar-refractivity contribution in [2.45, 2.75) is 51.0 Å². The van der Waals surface area contributed by atoms with Gasteiger partial charge in [-0.3, -0.25) is 4.79 Å². The van der Waals surface area contributed by atoms with Crippen LogP contribution in [-0.4, -0.2) is 28.9 Å². The molecule has 1 saturated carbocycles. The van der Waals surface area contributed by atoms with Crippen LogP contribution >= 0.6 is 0 Å². The molecule has 1 amide bonds. The van der Waals surface area contributed by atoms with Gasteiger partial charge in [0.15, 0.2) is 11.7 Å². The summed E-state index contributed by atoms with van der Waals surface area (Å²) >= 11 is 0. The number of amides is 1. The van der Waals surface area contributed by atoms with E-state index in [9.17, 15) is 4.79 Å². The fourth-order valence-electron chi connectivity index (χ4n) is 3.22. The van der Waals surface area contributed by atoms with E-state index in [1.54, 1.807) is 6.20 Å². The smallest absolute Gasteiger partial charge is 0.223 e. The van der Waals surface area contributed by atoms with Gasteiger partial charge in [0.05, 0.1) is 6.20 Å². The molecule has 1 aromatic heterocycles. The van der Waals surface area contributed by atoms with Gasteiger partial charge in [-0.1, -0.05) is 49.6 Å². The number of rotatable bonds is 5. The molecule has 122 valence electrons. The van der Waals surface area contributed by atoms with Gasteiger partial charge in [0, 0.05) is 31.5 Å². The molecular weight excluding hydrogens is 288 g/mol. The molecule has 0 radical (unpaired) electrons. The second kappa shape index (κ2) is 7.44. The monoisotopic (exact) mass is 312 g/mol. The van der Waals surface area contributed by atoms with Crippen LogP contribution in [0, 0.1) is 0 Å². The van der Waals surface area contributed by atoms with E-state index >= 15 is 0 Å². The molecule has 0 unspecified atom stereocenters. The first kappa shape index (κ1) is 15.8. The van der Waals surface area contributed by atoms with Crippen LogP contribution < -0.4 is 0 Å². The molecule has 0 saturated heterocycles. The number of oxazole rings is 1. The summed E-state index contributed by atoms with van der Waals surface area (Å²) in [5.41, 5.74) is 1.01. The highest BCUT2D eigenvalue weighted by molar-refractivity contribution is 5.76. The molecule has 2 aromatic rings. The Kier molecular flexibility index (Phi) is 5.11. The van der Waals surface area contributed by atoms with Crippen molar-refractivity contribution in [2.24, 2.45) is 0 Å². The van der Waals surface area contributed by atoms with Crippen LogP contribution in [0.5, 0.6) is 0 Å². The van der Waals surface area contributed by atoms with Crippen LogP contribution in [0.2, 0.25) is 0 Å². The molecule has 1 aromatic carbocycles. The van der Waals surface area contributed by atoms with Crippen molar-refractivity contribution in [3.05, 3.63) is 42.4 Å². The van der Waals surface area contributed by atoms with Gasteiger partial charge in [-0.05, 0) is 12.8 Å². The highest BCUT2D eigenvalue weighted by atomic mass is 16.4. The number of hydrogen-bond acceptors (Lipinski definition) is 3. The Hall–Kier alpha value is -2.10. The third kappa shape index (κ3) is 4.01. The van der Waals surface area contributed by atoms with Crippen molar-refractivity contribution in [1.29, 1.82) is 0 Å². The lowest BCUT2D eigenvalue weighted by molar-refractivity contribution is -0.132. The van der Waals surface area contributed by atoms with Gasteiger partial charge in [0.25, 0.3) is 0 Å². The fraction of sp³-hybridized carbons (Fsp3) is 0.474. The summed E-state index contributed by atoms with van der Waals surface area (Å²) in [6.45, 7) is 0. The zero-order chi connectivity index (χ0) is 16.1. The Morgan fingerprint density at radius 3 is 2.70 bits per heavy atom. The lowest BCUT2D eigenvalue weighted by Gasteiger charge is -2.31. The van der Waals surface area contributed by atoms with E-state index in [1.807, 2.05) is 42.3 Å². The van der Waals surface area contributed by atoms with Crippen molar-refractivity contribution < 1.29 is 9.21 Å². The van der Waals surface area contributed by atoms with Crippen LogP contribution in [-0.2, 0) is 11.2 Å². The highest BCUT2D eigenvalue weighted by Crippen LogP contribution is 2.23. The maximum Gasteiger partial charge on any atom is 0.223 e. The number of benzene rings is 1. The Labute approximate surface area is 137 Å². The number of aromatic nitrogens is 1. The molecule has 23 heavy (non-hydrogen) atoms. The third-order valence-electron chi connectivity index (χ3n) is 4.68. The molecule has 1 aliphatic rings. The summed E-state index contributed by atoms with van der Waals surface area (Å²) in [5.74, 6) is 1.58. The maximum atomic E-state index is 12.3. The Balaban J connectivity index is 1.54. The average Bonchev–Trinajstić information content (AvgIpc) is 3.09. The van der Waals surface area contributed by atoms with Crippen LogP contribution in [0.25, 0.3) is 11.3 Å². The molecule has 0 aliphatic heterocycles. The third-order valence-corrected chi connectivity index (χ3v) is 4.68. The second-order valence-corrected chi connectivity index (χ2v) is 6.28. The van der Waals surface area contributed by atoms with Gasteiger partial charge >= 0.3 is 0 Å². The first-order valence-electron chi connectivity index (χ1n) is 8.50. The van der Waals surface area contributed by atoms with Gasteiger partial charge < -0.3 is 9.32 Å². The largest absolute Gasteiger partial charge is 0.441 e. The summed E-state index contributed by atoms with van der Waals surface area (Å²) in [6.07, 6.45) is 8.81. The first-order valence-corrected chi connectivity index (χ1v) is 8.50. The van der Waals surface area contributed by atoms with Crippen LogP contribution in [0.15, 0.2) is 40.9 Å².